The lowest BCUT2D eigenvalue weighted by atomic mass is 10.0. The van der Waals surface area contributed by atoms with Gasteiger partial charge in [0, 0.05) is 12.7 Å². The average Bonchev–Trinajstić information content (AvgIpc) is 3.24. The molecule has 2 aromatic carbocycles. The molecule has 1 aliphatic rings. The van der Waals surface area contributed by atoms with E-state index >= 15 is 0 Å². The van der Waals surface area contributed by atoms with Crippen molar-refractivity contribution in [3.63, 3.8) is 0 Å². The van der Waals surface area contributed by atoms with E-state index in [4.69, 9.17) is 4.74 Å². The SMILES string of the molecule is COCCn1nnnc1[C@H](c1ccccc1F)[NH+]1CC[NH+](Cc2ccccc2)CC1. The highest BCUT2D eigenvalue weighted by Crippen LogP contribution is 2.20. The molecular formula is C22H29FN6O+2. The number of hydrogen-bond donors (Lipinski definition) is 2. The molecule has 1 aliphatic heterocycles. The largest absolute Gasteiger partial charge is 0.383 e. The molecule has 0 unspecified atom stereocenters. The minimum atomic E-state index is -0.240. The van der Waals surface area contributed by atoms with Gasteiger partial charge in [-0.05, 0) is 22.6 Å². The van der Waals surface area contributed by atoms with Gasteiger partial charge in [0.15, 0.2) is 6.04 Å². The average molecular weight is 413 g/mol. The molecule has 158 valence electrons. The third-order valence-corrected chi connectivity index (χ3v) is 5.85. The first kappa shape index (κ1) is 20.6. The number of piperazine rings is 1. The van der Waals surface area contributed by atoms with Gasteiger partial charge < -0.3 is 14.5 Å². The number of halogens is 1. The van der Waals surface area contributed by atoms with Crippen molar-refractivity contribution >= 4 is 0 Å². The quantitative estimate of drug-likeness (QED) is 0.525. The summed E-state index contributed by atoms with van der Waals surface area (Å²) in [5, 5.41) is 12.3. The Morgan fingerprint density at radius 2 is 1.77 bits per heavy atom. The van der Waals surface area contributed by atoms with Crippen molar-refractivity contribution in [1.29, 1.82) is 0 Å². The minimum absolute atomic E-state index is 0.213. The second-order valence-corrected chi connectivity index (χ2v) is 7.78. The van der Waals surface area contributed by atoms with Crippen LogP contribution in [0.1, 0.15) is 23.0 Å². The van der Waals surface area contributed by atoms with Crippen LogP contribution in [-0.4, -0.2) is 60.1 Å². The van der Waals surface area contributed by atoms with E-state index in [0.717, 1.165) is 32.7 Å². The summed E-state index contributed by atoms with van der Waals surface area (Å²) in [6.07, 6.45) is 0. The van der Waals surface area contributed by atoms with E-state index in [1.807, 2.05) is 18.2 Å². The Morgan fingerprint density at radius 3 is 2.50 bits per heavy atom. The number of ether oxygens (including phenoxy) is 1. The van der Waals surface area contributed by atoms with Crippen molar-refractivity contribution in [3.8, 4) is 0 Å². The molecule has 30 heavy (non-hydrogen) atoms. The minimum Gasteiger partial charge on any atom is -0.383 e. The van der Waals surface area contributed by atoms with E-state index in [0.29, 0.717) is 24.5 Å². The van der Waals surface area contributed by atoms with Crippen LogP contribution < -0.4 is 9.80 Å². The Balaban J connectivity index is 1.54. The summed E-state index contributed by atoms with van der Waals surface area (Å²) in [6, 6.07) is 17.3. The highest BCUT2D eigenvalue weighted by molar-refractivity contribution is 5.24. The molecule has 0 aliphatic carbocycles. The van der Waals surface area contributed by atoms with Crippen molar-refractivity contribution in [3.05, 3.63) is 77.4 Å². The lowest BCUT2D eigenvalue weighted by Gasteiger charge is -2.34. The summed E-state index contributed by atoms with van der Waals surface area (Å²) in [7, 11) is 1.65. The van der Waals surface area contributed by atoms with Crippen LogP contribution in [0.4, 0.5) is 4.39 Å². The van der Waals surface area contributed by atoms with Crippen molar-refractivity contribution in [2.24, 2.45) is 0 Å². The zero-order valence-corrected chi connectivity index (χ0v) is 17.3. The van der Waals surface area contributed by atoms with Crippen molar-refractivity contribution < 1.29 is 18.9 Å². The number of aromatic nitrogens is 4. The second-order valence-electron chi connectivity index (χ2n) is 7.78. The zero-order valence-electron chi connectivity index (χ0n) is 17.3. The number of nitrogens with zero attached hydrogens (tertiary/aromatic N) is 4. The maximum absolute atomic E-state index is 14.8. The smallest absolute Gasteiger partial charge is 0.214 e. The lowest BCUT2D eigenvalue weighted by Crippen LogP contribution is -3.27. The Kier molecular flexibility index (Phi) is 6.78. The third-order valence-electron chi connectivity index (χ3n) is 5.85. The molecule has 2 N–H and O–H groups in total. The number of hydrogen-bond acceptors (Lipinski definition) is 4. The van der Waals surface area contributed by atoms with Gasteiger partial charge in [-0.3, -0.25) is 0 Å². The number of methoxy groups -OCH3 is 1. The highest BCUT2D eigenvalue weighted by atomic mass is 19.1. The normalized spacial score (nSPS) is 20.2. The summed E-state index contributed by atoms with van der Waals surface area (Å²) < 4.78 is 21.8. The maximum Gasteiger partial charge on any atom is 0.214 e. The van der Waals surface area contributed by atoms with Crippen LogP contribution in [-0.2, 0) is 17.8 Å². The van der Waals surface area contributed by atoms with E-state index in [2.05, 4.69) is 39.8 Å². The first-order chi connectivity index (χ1) is 14.8. The Labute approximate surface area is 176 Å². The molecule has 1 aromatic heterocycles. The first-order valence-corrected chi connectivity index (χ1v) is 10.5. The van der Waals surface area contributed by atoms with Crippen molar-refractivity contribution in [1.82, 2.24) is 20.2 Å². The Hall–Kier alpha value is -2.68. The number of rotatable bonds is 8. The van der Waals surface area contributed by atoms with Gasteiger partial charge >= 0.3 is 0 Å². The molecule has 0 amide bonds. The van der Waals surface area contributed by atoms with Gasteiger partial charge in [-0.25, -0.2) is 9.07 Å². The molecule has 7 nitrogen and oxygen atoms in total. The number of nitrogens with one attached hydrogen (secondary N) is 2. The molecule has 4 rings (SSSR count). The van der Waals surface area contributed by atoms with Crippen LogP contribution in [0.5, 0.6) is 0 Å². The standard InChI is InChI=1S/C22H27FN6O/c1-30-16-15-29-22(24-25-26-29)21(19-9-5-6-10-20(19)23)28-13-11-27(12-14-28)17-18-7-3-2-4-8-18/h2-10,21H,11-17H2,1H3/p+2/t21-/m0/s1. The summed E-state index contributed by atoms with van der Waals surface area (Å²) in [6.45, 7) is 5.97. The van der Waals surface area contributed by atoms with E-state index < -0.39 is 0 Å². The zero-order chi connectivity index (χ0) is 20.8. The molecule has 0 radical (unpaired) electrons. The topological polar surface area (TPSA) is 61.7 Å². The van der Waals surface area contributed by atoms with E-state index in [-0.39, 0.29) is 11.9 Å². The number of quaternary nitrogens is 2. The predicted molar refractivity (Wildman–Crippen MR) is 109 cm³/mol. The van der Waals surface area contributed by atoms with Crippen LogP contribution in [0.2, 0.25) is 0 Å². The fourth-order valence-corrected chi connectivity index (χ4v) is 4.28. The Morgan fingerprint density at radius 1 is 1.03 bits per heavy atom. The maximum atomic E-state index is 14.8. The van der Waals surface area contributed by atoms with E-state index in [1.54, 1.807) is 22.8 Å². The summed E-state index contributed by atoms with van der Waals surface area (Å²) in [5.74, 6) is 0.481. The fourth-order valence-electron chi connectivity index (χ4n) is 4.28. The summed E-state index contributed by atoms with van der Waals surface area (Å²) in [4.78, 5) is 2.85. The van der Waals surface area contributed by atoms with Gasteiger partial charge in [0.1, 0.15) is 38.5 Å². The molecule has 8 heteroatoms. The van der Waals surface area contributed by atoms with Crippen LogP contribution >= 0.6 is 0 Å². The molecule has 1 atom stereocenters. The van der Waals surface area contributed by atoms with Crippen LogP contribution in [0, 0.1) is 5.82 Å². The van der Waals surface area contributed by atoms with Crippen molar-refractivity contribution in [2.75, 3.05) is 39.9 Å². The van der Waals surface area contributed by atoms with E-state index in [9.17, 15) is 4.39 Å². The monoisotopic (exact) mass is 412 g/mol. The van der Waals surface area contributed by atoms with Gasteiger partial charge in [0.2, 0.25) is 5.82 Å². The molecule has 0 spiro atoms. The molecule has 1 fully saturated rings. The van der Waals surface area contributed by atoms with Crippen molar-refractivity contribution in [2.45, 2.75) is 19.1 Å². The highest BCUT2D eigenvalue weighted by Gasteiger charge is 2.36. The summed E-state index contributed by atoms with van der Waals surface area (Å²) >= 11 is 0. The number of tetrazole rings is 1. The molecule has 0 bridgehead atoms. The van der Waals surface area contributed by atoms with Gasteiger partial charge in [0.25, 0.3) is 0 Å². The molecule has 3 aromatic rings. The van der Waals surface area contributed by atoms with Gasteiger partial charge in [-0.2, -0.15) is 0 Å². The molecule has 0 saturated carbocycles. The number of benzene rings is 2. The predicted octanol–water partition coefficient (Wildman–Crippen LogP) is -0.468. The van der Waals surface area contributed by atoms with Crippen LogP contribution in [0.15, 0.2) is 54.6 Å². The van der Waals surface area contributed by atoms with Gasteiger partial charge in [0.05, 0.1) is 18.7 Å². The molecule has 1 saturated heterocycles. The second kappa shape index (κ2) is 9.88. The molecular weight excluding hydrogens is 383 g/mol. The van der Waals surface area contributed by atoms with Gasteiger partial charge in [-0.1, -0.05) is 42.5 Å². The Bertz CT molecular complexity index is 926. The lowest BCUT2D eigenvalue weighted by molar-refractivity contribution is -1.03. The third kappa shape index (κ3) is 4.72. The molecule has 2 heterocycles. The fraction of sp³-hybridized carbons (Fsp3) is 0.409. The summed E-state index contributed by atoms with van der Waals surface area (Å²) in [5.41, 5.74) is 2.00. The van der Waals surface area contributed by atoms with Crippen LogP contribution in [0.3, 0.4) is 0 Å². The van der Waals surface area contributed by atoms with Crippen LogP contribution in [0.25, 0.3) is 0 Å². The first-order valence-electron chi connectivity index (χ1n) is 10.5. The van der Waals surface area contributed by atoms with E-state index in [1.165, 1.54) is 16.5 Å². The van der Waals surface area contributed by atoms with Gasteiger partial charge in [-0.15, -0.1) is 5.10 Å².